The summed E-state index contributed by atoms with van der Waals surface area (Å²) in [4.78, 5) is 4.11. The summed E-state index contributed by atoms with van der Waals surface area (Å²) in [6.07, 6.45) is -2.74. The van der Waals surface area contributed by atoms with Crippen LogP contribution < -0.4 is 5.32 Å². The number of benzene rings is 1. The van der Waals surface area contributed by atoms with Gasteiger partial charge in [-0.1, -0.05) is 23.7 Å². The molecule has 1 aliphatic heterocycles. The summed E-state index contributed by atoms with van der Waals surface area (Å²) in [6, 6.07) is 4.82. The number of allylic oxidation sites excluding steroid dienone is 1. The van der Waals surface area contributed by atoms with Crippen LogP contribution in [0.4, 0.5) is 13.2 Å². The number of nitrogens with one attached hydrogen (secondary N) is 1. The van der Waals surface area contributed by atoms with Crippen molar-refractivity contribution in [2.45, 2.75) is 6.18 Å². The fourth-order valence-corrected chi connectivity index (χ4v) is 1.58. The van der Waals surface area contributed by atoms with Gasteiger partial charge in [-0.2, -0.15) is 13.2 Å². The second kappa shape index (κ2) is 4.41. The van der Waals surface area contributed by atoms with Crippen LogP contribution in [0.1, 0.15) is 11.1 Å². The third-order valence-corrected chi connectivity index (χ3v) is 2.51. The molecule has 2 rings (SSSR count). The van der Waals surface area contributed by atoms with Crippen LogP contribution in [0.5, 0.6) is 0 Å². The highest BCUT2D eigenvalue weighted by atomic mass is 35.5. The molecule has 0 aliphatic carbocycles. The molecule has 17 heavy (non-hydrogen) atoms. The molecule has 1 aliphatic rings. The second-order valence-corrected chi connectivity index (χ2v) is 3.85. The number of hydrogen-bond donors (Lipinski definition) is 1. The number of alkyl halides is 3. The number of aliphatic imine (C=N–C) groups is 1. The zero-order valence-corrected chi connectivity index (χ0v) is 9.31. The largest absolute Gasteiger partial charge is 0.416 e. The van der Waals surface area contributed by atoms with E-state index in [2.05, 4.69) is 10.3 Å². The van der Waals surface area contributed by atoms with E-state index in [0.717, 1.165) is 12.1 Å². The number of rotatable bonds is 1. The molecule has 2 nitrogen and oxygen atoms in total. The van der Waals surface area contributed by atoms with E-state index in [1.54, 1.807) is 6.08 Å². The van der Waals surface area contributed by atoms with Crippen LogP contribution >= 0.6 is 11.6 Å². The Bertz CT molecular complexity index is 474. The van der Waals surface area contributed by atoms with E-state index in [-0.39, 0.29) is 0 Å². The van der Waals surface area contributed by atoms with Gasteiger partial charge in [0.15, 0.2) is 0 Å². The molecule has 0 atom stereocenters. The van der Waals surface area contributed by atoms with Crippen LogP contribution in [0.2, 0.25) is 0 Å². The average Bonchev–Trinajstić information content (AvgIpc) is 2.28. The van der Waals surface area contributed by atoms with Gasteiger partial charge in [-0.05, 0) is 23.8 Å². The summed E-state index contributed by atoms with van der Waals surface area (Å²) in [6.45, 7) is 0.325. The first-order chi connectivity index (χ1) is 7.97. The molecule has 1 heterocycles. The SMILES string of the molecule is FC(F)(F)c1ccc(C2=NCNC(Cl)=C2)cc1. The Morgan fingerprint density at radius 1 is 1.18 bits per heavy atom. The van der Waals surface area contributed by atoms with Gasteiger partial charge in [0.05, 0.1) is 11.3 Å². The molecule has 1 aromatic carbocycles. The first-order valence-electron chi connectivity index (χ1n) is 4.80. The Morgan fingerprint density at radius 3 is 2.35 bits per heavy atom. The van der Waals surface area contributed by atoms with Crippen molar-refractivity contribution in [2.75, 3.05) is 6.67 Å². The van der Waals surface area contributed by atoms with Crippen LogP contribution in [-0.2, 0) is 6.18 Å². The first-order valence-corrected chi connectivity index (χ1v) is 5.18. The van der Waals surface area contributed by atoms with Gasteiger partial charge < -0.3 is 5.32 Å². The maximum absolute atomic E-state index is 12.4. The molecular formula is C11H8ClF3N2. The monoisotopic (exact) mass is 260 g/mol. The highest BCUT2D eigenvalue weighted by Crippen LogP contribution is 2.29. The summed E-state index contributed by atoms with van der Waals surface area (Å²) >= 11 is 5.75. The van der Waals surface area contributed by atoms with Gasteiger partial charge in [-0.3, -0.25) is 4.99 Å². The summed E-state index contributed by atoms with van der Waals surface area (Å²) in [5, 5.41) is 3.20. The fraction of sp³-hybridized carbons (Fsp3) is 0.182. The average molecular weight is 261 g/mol. The van der Waals surface area contributed by atoms with Crippen molar-refractivity contribution in [3.63, 3.8) is 0 Å². The van der Waals surface area contributed by atoms with Crippen molar-refractivity contribution in [3.05, 3.63) is 46.6 Å². The third-order valence-electron chi connectivity index (χ3n) is 2.27. The van der Waals surface area contributed by atoms with Crippen molar-refractivity contribution < 1.29 is 13.2 Å². The molecule has 1 aromatic rings. The van der Waals surface area contributed by atoms with E-state index in [1.807, 2.05) is 0 Å². The summed E-state index contributed by atoms with van der Waals surface area (Å²) in [5.74, 6) is 0. The van der Waals surface area contributed by atoms with E-state index >= 15 is 0 Å². The molecule has 1 N–H and O–H groups in total. The van der Waals surface area contributed by atoms with E-state index in [0.29, 0.717) is 23.1 Å². The third kappa shape index (κ3) is 2.79. The zero-order chi connectivity index (χ0) is 12.5. The van der Waals surface area contributed by atoms with Crippen molar-refractivity contribution in [1.29, 1.82) is 0 Å². The van der Waals surface area contributed by atoms with E-state index in [1.165, 1.54) is 12.1 Å². The Kier molecular flexibility index (Phi) is 3.11. The molecule has 0 radical (unpaired) electrons. The molecule has 0 unspecified atom stereocenters. The standard InChI is InChI=1S/C11H8ClF3N2/c12-10-5-9(16-6-17-10)7-1-3-8(4-2-7)11(13,14)15/h1-5,17H,6H2. The van der Waals surface area contributed by atoms with Crippen molar-refractivity contribution in [1.82, 2.24) is 5.32 Å². The van der Waals surface area contributed by atoms with Gasteiger partial charge in [0.2, 0.25) is 0 Å². The minimum atomic E-state index is -4.32. The van der Waals surface area contributed by atoms with E-state index in [9.17, 15) is 13.2 Å². The summed E-state index contributed by atoms with van der Waals surface area (Å²) in [7, 11) is 0. The van der Waals surface area contributed by atoms with Crippen LogP contribution in [0, 0.1) is 0 Å². The molecule has 0 saturated heterocycles. The minimum absolute atomic E-state index is 0.325. The maximum atomic E-state index is 12.4. The van der Waals surface area contributed by atoms with Gasteiger partial charge in [0.25, 0.3) is 0 Å². The molecule has 0 amide bonds. The molecule has 0 bridgehead atoms. The van der Waals surface area contributed by atoms with Gasteiger partial charge in [-0.25, -0.2) is 0 Å². The predicted molar refractivity (Wildman–Crippen MR) is 59.9 cm³/mol. The molecular weight excluding hydrogens is 253 g/mol. The highest BCUT2D eigenvalue weighted by Gasteiger charge is 2.30. The van der Waals surface area contributed by atoms with Crippen molar-refractivity contribution in [2.24, 2.45) is 4.99 Å². The van der Waals surface area contributed by atoms with Gasteiger partial charge in [-0.15, -0.1) is 0 Å². The quantitative estimate of drug-likeness (QED) is 0.771. The Balaban J connectivity index is 2.28. The van der Waals surface area contributed by atoms with Crippen LogP contribution in [0.25, 0.3) is 0 Å². The maximum Gasteiger partial charge on any atom is 0.416 e. The van der Waals surface area contributed by atoms with Crippen molar-refractivity contribution >= 4 is 17.3 Å². The Morgan fingerprint density at radius 2 is 1.82 bits per heavy atom. The number of halogens is 4. The fourth-order valence-electron chi connectivity index (χ4n) is 1.42. The van der Waals surface area contributed by atoms with E-state index in [4.69, 9.17) is 11.6 Å². The molecule has 90 valence electrons. The highest BCUT2D eigenvalue weighted by molar-refractivity contribution is 6.32. The first kappa shape index (κ1) is 12.0. The lowest BCUT2D eigenvalue weighted by molar-refractivity contribution is -0.137. The van der Waals surface area contributed by atoms with Crippen LogP contribution in [-0.4, -0.2) is 12.4 Å². The summed E-state index contributed by atoms with van der Waals surface area (Å²) in [5.41, 5.74) is 0.506. The topological polar surface area (TPSA) is 24.4 Å². The van der Waals surface area contributed by atoms with E-state index < -0.39 is 11.7 Å². The predicted octanol–water partition coefficient (Wildman–Crippen LogP) is 3.14. The molecule has 0 spiro atoms. The van der Waals surface area contributed by atoms with Crippen LogP contribution in [0.3, 0.4) is 0 Å². The molecule has 6 heteroatoms. The van der Waals surface area contributed by atoms with Gasteiger partial charge in [0, 0.05) is 0 Å². The summed E-state index contributed by atoms with van der Waals surface area (Å²) < 4.78 is 37.1. The molecule has 0 fully saturated rings. The molecule has 0 aromatic heterocycles. The normalized spacial score (nSPS) is 16.0. The molecule has 0 saturated carbocycles. The smallest absolute Gasteiger partial charge is 0.357 e. The second-order valence-electron chi connectivity index (χ2n) is 3.45. The van der Waals surface area contributed by atoms with Crippen LogP contribution in [0.15, 0.2) is 40.5 Å². The number of hydrogen-bond acceptors (Lipinski definition) is 2. The Hall–Kier alpha value is -1.49. The van der Waals surface area contributed by atoms with Gasteiger partial charge >= 0.3 is 6.18 Å². The Labute approximate surface area is 101 Å². The zero-order valence-electron chi connectivity index (χ0n) is 8.55. The minimum Gasteiger partial charge on any atom is -0.357 e. The van der Waals surface area contributed by atoms with Crippen molar-refractivity contribution in [3.8, 4) is 0 Å². The lowest BCUT2D eigenvalue weighted by Gasteiger charge is -2.12. The van der Waals surface area contributed by atoms with Gasteiger partial charge in [0.1, 0.15) is 11.8 Å². The lowest BCUT2D eigenvalue weighted by Crippen LogP contribution is -2.18. The lowest BCUT2D eigenvalue weighted by atomic mass is 10.1. The number of nitrogens with zero attached hydrogens (tertiary/aromatic N) is 1.